The van der Waals surface area contributed by atoms with E-state index in [1.165, 1.54) is 11.3 Å². The summed E-state index contributed by atoms with van der Waals surface area (Å²) in [6.45, 7) is 3.39. The molecule has 1 saturated heterocycles. The van der Waals surface area contributed by atoms with Gasteiger partial charge >= 0.3 is 0 Å². The lowest BCUT2D eigenvalue weighted by Crippen LogP contribution is -2.26. The Labute approximate surface area is 120 Å². The first-order chi connectivity index (χ1) is 9.22. The Hall–Kier alpha value is -0.910. The van der Waals surface area contributed by atoms with E-state index in [0.717, 1.165) is 29.7 Å². The second kappa shape index (κ2) is 5.61. The Morgan fingerprint density at radius 3 is 3.16 bits per heavy atom. The van der Waals surface area contributed by atoms with Crippen LogP contribution in [-0.2, 0) is 4.74 Å². The molecule has 0 radical (unpaired) electrons. The summed E-state index contributed by atoms with van der Waals surface area (Å²) in [6, 6.07) is 2.04. The zero-order valence-electron chi connectivity index (χ0n) is 10.7. The molecule has 3 heterocycles. The molecule has 0 amide bonds. The fourth-order valence-electron chi connectivity index (χ4n) is 2.21. The molecule has 1 fully saturated rings. The second-order valence-corrected chi connectivity index (χ2v) is 6.25. The van der Waals surface area contributed by atoms with Crippen molar-refractivity contribution in [2.24, 2.45) is 0 Å². The number of nitrogens with zero attached hydrogens (tertiary/aromatic N) is 2. The van der Waals surface area contributed by atoms with Crippen molar-refractivity contribution in [3.05, 3.63) is 16.2 Å². The molecule has 1 aliphatic heterocycles. The largest absolute Gasteiger partial charge is 0.474 e. The van der Waals surface area contributed by atoms with Crippen LogP contribution < -0.4 is 4.74 Å². The van der Waals surface area contributed by atoms with Crippen molar-refractivity contribution < 1.29 is 9.47 Å². The maximum atomic E-state index is 5.93. The molecule has 3 rings (SSSR count). The number of hydrogen-bond donors (Lipinski definition) is 0. The average molecular weight is 299 g/mol. The monoisotopic (exact) mass is 298 g/mol. The van der Waals surface area contributed by atoms with Crippen molar-refractivity contribution >= 4 is 33.2 Å². The number of aromatic nitrogens is 2. The molecule has 1 atom stereocenters. The Morgan fingerprint density at radius 2 is 2.37 bits per heavy atom. The minimum atomic E-state index is 0.164. The zero-order valence-corrected chi connectivity index (χ0v) is 12.3. The molecule has 0 aliphatic carbocycles. The van der Waals surface area contributed by atoms with Gasteiger partial charge in [0.05, 0.1) is 11.5 Å². The van der Waals surface area contributed by atoms with Gasteiger partial charge in [-0.05, 0) is 43.9 Å². The van der Waals surface area contributed by atoms with Crippen LogP contribution in [0.15, 0.2) is 6.07 Å². The lowest BCUT2D eigenvalue weighted by atomic mass is 10.1. The normalized spacial score (nSPS) is 19.8. The van der Waals surface area contributed by atoms with Gasteiger partial charge < -0.3 is 9.47 Å². The van der Waals surface area contributed by atoms with E-state index in [1.807, 2.05) is 13.0 Å². The number of thiophene rings is 1. The SMILES string of the molecule is Cc1cc2c(OCC3CCCCO3)nc(Cl)nc2s1. The van der Waals surface area contributed by atoms with Crippen LogP contribution in [0.3, 0.4) is 0 Å². The minimum Gasteiger partial charge on any atom is -0.474 e. The topological polar surface area (TPSA) is 44.2 Å². The highest BCUT2D eigenvalue weighted by Crippen LogP contribution is 2.31. The molecule has 0 N–H and O–H groups in total. The van der Waals surface area contributed by atoms with E-state index in [1.54, 1.807) is 11.3 Å². The van der Waals surface area contributed by atoms with E-state index in [4.69, 9.17) is 21.1 Å². The smallest absolute Gasteiger partial charge is 0.227 e. The molecule has 0 saturated carbocycles. The number of fused-ring (bicyclic) bond motifs is 1. The summed E-state index contributed by atoms with van der Waals surface area (Å²) in [7, 11) is 0. The van der Waals surface area contributed by atoms with Gasteiger partial charge in [-0.25, -0.2) is 4.98 Å². The van der Waals surface area contributed by atoms with Crippen LogP contribution >= 0.6 is 22.9 Å². The molecule has 2 aromatic rings. The fourth-order valence-corrected chi connectivity index (χ4v) is 3.29. The first-order valence-electron chi connectivity index (χ1n) is 6.40. The molecule has 6 heteroatoms. The molecule has 1 unspecified atom stereocenters. The van der Waals surface area contributed by atoms with Crippen LogP contribution in [0.1, 0.15) is 24.1 Å². The molecule has 19 heavy (non-hydrogen) atoms. The highest BCUT2D eigenvalue weighted by Gasteiger charge is 2.17. The quantitative estimate of drug-likeness (QED) is 0.812. The van der Waals surface area contributed by atoms with Crippen molar-refractivity contribution in [3.63, 3.8) is 0 Å². The molecule has 4 nitrogen and oxygen atoms in total. The zero-order chi connectivity index (χ0) is 13.2. The van der Waals surface area contributed by atoms with E-state index in [9.17, 15) is 0 Å². The average Bonchev–Trinajstić information content (AvgIpc) is 2.77. The van der Waals surface area contributed by atoms with Crippen molar-refractivity contribution in [2.75, 3.05) is 13.2 Å². The Kier molecular flexibility index (Phi) is 3.86. The molecule has 0 aromatic carbocycles. The van der Waals surface area contributed by atoms with Gasteiger partial charge in [0, 0.05) is 11.5 Å². The molecule has 1 aliphatic rings. The Balaban J connectivity index is 1.79. The maximum Gasteiger partial charge on any atom is 0.227 e. The van der Waals surface area contributed by atoms with E-state index in [0.29, 0.717) is 12.5 Å². The third-order valence-electron chi connectivity index (χ3n) is 3.13. The third kappa shape index (κ3) is 2.99. The predicted octanol–water partition coefficient (Wildman–Crippen LogP) is 3.60. The summed E-state index contributed by atoms with van der Waals surface area (Å²) in [5.41, 5.74) is 0. The van der Waals surface area contributed by atoms with Gasteiger partial charge in [0.2, 0.25) is 11.2 Å². The summed E-state index contributed by atoms with van der Waals surface area (Å²) in [4.78, 5) is 10.4. The van der Waals surface area contributed by atoms with E-state index >= 15 is 0 Å². The van der Waals surface area contributed by atoms with Gasteiger partial charge in [0.1, 0.15) is 11.4 Å². The maximum absolute atomic E-state index is 5.93. The van der Waals surface area contributed by atoms with Gasteiger partial charge in [-0.3, -0.25) is 0 Å². The summed E-state index contributed by atoms with van der Waals surface area (Å²) >= 11 is 7.52. The number of halogens is 1. The van der Waals surface area contributed by atoms with E-state index in [2.05, 4.69) is 9.97 Å². The van der Waals surface area contributed by atoms with Gasteiger partial charge in [0.25, 0.3) is 0 Å². The highest BCUT2D eigenvalue weighted by molar-refractivity contribution is 7.18. The van der Waals surface area contributed by atoms with Crippen LogP contribution in [0.2, 0.25) is 5.28 Å². The van der Waals surface area contributed by atoms with Crippen molar-refractivity contribution in [1.29, 1.82) is 0 Å². The Bertz CT molecular complexity index is 581. The summed E-state index contributed by atoms with van der Waals surface area (Å²) < 4.78 is 11.4. The predicted molar refractivity (Wildman–Crippen MR) is 76.2 cm³/mol. The highest BCUT2D eigenvalue weighted by atomic mass is 35.5. The first-order valence-corrected chi connectivity index (χ1v) is 7.60. The van der Waals surface area contributed by atoms with Crippen LogP contribution in [-0.4, -0.2) is 29.3 Å². The lowest BCUT2D eigenvalue weighted by Gasteiger charge is -2.22. The Morgan fingerprint density at radius 1 is 1.47 bits per heavy atom. The molecule has 2 aromatic heterocycles. The lowest BCUT2D eigenvalue weighted by molar-refractivity contribution is -0.0116. The molecular formula is C13H15ClN2O2S. The fraction of sp³-hybridized carbons (Fsp3) is 0.538. The molecule has 102 valence electrons. The number of aryl methyl sites for hydroxylation is 1. The number of rotatable bonds is 3. The number of ether oxygens (including phenoxy) is 2. The molecule has 0 spiro atoms. The standard InChI is InChI=1S/C13H15ClN2O2S/c1-8-6-10-11(15-13(14)16-12(10)19-8)18-7-9-4-2-3-5-17-9/h6,9H,2-5,7H2,1H3. The van der Waals surface area contributed by atoms with E-state index < -0.39 is 0 Å². The van der Waals surface area contributed by atoms with Crippen molar-refractivity contribution in [2.45, 2.75) is 32.3 Å². The van der Waals surface area contributed by atoms with Gasteiger partial charge in [0.15, 0.2) is 0 Å². The van der Waals surface area contributed by atoms with Crippen molar-refractivity contribution in [1.82, 2.24) is 9.97 Å². The van der Waals surface area contributed by atoms with E-state index in [-0.39, 0.29) is 11.4 Å². The summed E-state index contributed by atoms with van der Waals surface area (Å²) in [6.07, 6.45) is 3.55. The van der Waals surface area contributed by atoms with Crippen LogP contribution in [0.25, 0.3) is 10.2 Å². The second-order valence-electron chi connectivity index (χ2n) is 4.67. The van der Waals surface area contributed by atoms with Crippen LogP contribution in [0.4, 0.5) is 0 Å². The van der Waals surface area contributed by atoms with Crippen LogP contribution in [0.5, 0.6) is 5.88 Å². The van der Waals surface area contributed by atoms with Crippen LogP contribution in [0, 0.1) is 6.92 Å². The van der Waals surface area contributed by atoms with Crippen molar-refractivity contribution in [3.8, 4) is 5.88 Å². The summed E-state index contributed by atoms with van der Waals surface area (Å²) in [5.74, 6) is 0.563. The van der Waals surface area contributed by atoms with Gasteiger partial charge in [-0.2, -0.15) is 4.98 Å². The minimum absolute atomic E-state index is 0.164. The molecule has 0 bridgehead atoms. The first kappa shape index (κ1) is 13.1. The molecular weight excluding hydrogens is 284 g/mol. The third-order valence-corrected chi connectivity index (χ3v) is 4.25. The van der Waals surface area contributed by atoms with Gasteiger partial charge in [-0.15, -0.1) is 11.3 Å². The summed E-state index contributed by atoms with van der Waals surface area (Å²) in [5, 5.41) is 1.16. The number of hydrogen-bond acceptors (Lipinski definition) is 5. The van der Waals surface area contributed by atoms with Gasteiger partial charge in [-0.1, -0.05) is 0 Å².